The van der Waals surface area contributed by atoms with Crippen LogP contribution < -0.4 is 31.1 Å². The largest absolute Gasteiger partial charge is 0.334 e. The van der Waals surface area contributed by atoms with Crippen molar-refractivity contribution < 1.29 is 0 Å². The van der Waals surface area contributed by atoms with Crippen LogP contribution in [0.5, 0.6) is 0 Å². The van der Waals surface area contributed by atoms with E-state index >= 15 is 0 Å². The molecule has 4 heterocycles. The Hall–Kier alpha value is -5.22. The van der Waals surface area contributed by atoms with Crippen LogP contribution in [0.25, 0.3) is 0 Å². The molecule has 2 atom stereocenters. The Morgan fingerprint density at radius 3 is 1.48 bits per heavy atom. The molecule has 5 aliphatic rings. The van der Waals surface area contributed by atoms with Crippen molar-refractivity contribution in [1.82, 2.24) is 0 Å². The van der Waals surface area contributed by atoms with Crippen molar-refractivity contribution in [2.24, 2.45) is 0 Å². The predicted octanol–water partition coefficient (Wildman–Crippen LogP) is 14.0. The summed E-state index contributed by atoms with van der Waals surface area (Å²) in [5.41, 5.74) is 22.9. The quantitative estimate of drug-likeness (QED) is 0.164. The number of rotatable bonds is 3. The summed E-state index contributed by atoms with van der Waals surface area (Å²) >= 11 is 0. The predicted molar refractivity (Wildman–Crippen MR) is 271 cm³/mol. The molecule has 1 saturated carbocycles. The molecule has 11 rings (SSSR count). The summed E-state index contributed by atoms with van der Waals surface area (Å²) in [7, 11) is 0. The van der Waals surface area contributed by atoms with E-state index in [0.717, 1.165) is 6.42 Å². The van der Waals surface area contributed by atoms with E-state index in [1.165, 1.54) is 115 Å². The van der Waals surface area contributed by atoms with E-state index in [1.54, 1.807) is 0 Å². The van der Waals surface area contributed by atoms with Gasteiger partial charge in [-0.25, -0.2) is 0 Å². The first-order chi connectivity index (χ1) is 29.6. The van der Waals surface area contributed by atoms with Crippen molar-refractivity contribution in [1.29, 1.82) is 0 Å². The zero-order chi connectivity index (χ0) is 44.4. The minimum atomic E-state index is -0.196. The molecule has 63 heavy (non-hydrogen) atoms. The van der Waals surface area contributed by atoms with E-state index in [-0.39, 0.29) is 39.3 Å². The molecule has 0 radical (unpaired) electrons. The van der Waals surface area contributed by atoms with E-state index in [4.69, 9.17) is 0 Å². The van der Waals surface area contributed by atoms with Gasteiger partial charge in [0.25, 0.3) is 6.71 Å². The Morgan fingerprint density at radius 2 is 0.921 bits per heavy atom. The van der Waals surface area contributed by atoms with Crippen LogP contribution in [0.15, 0.2) is 115 Å². The Balaban J connectivity index is 1.29. The molecule has 1 fully saturated rings. The van der Waals surface area contributed by atoms with Gasteiger partial charge in [0.1, 0.15) is 0 Å². The molecule has 320 valence electrons. The highest BCUT2D eigenvalue weighted by atomic mass is 15.3. The average molecular weight is 828 g/mol. The van der Waals surface area contributed by atoms with Gasteiger partial charge in [-0.05, 0) is 140 Å². The number of hydrogen-bond donors (Lipinski definition) is 0. The highest BCUT2D eigenvalue weighted by Crippen LogP contribution is 2.62. The molecule has 0 bridgehead atoms. The Bertz CT molecular complexity index is 2850. The first-order valence-electron chi connectivity index (χ1n) is 23.9. The maximum atomic E-state index is 2.80. The van der Waals surface area contributed by atoms with Crippen molar-refractivity contribution in [2.75, 3.05) is 14.7 Å². The molecular weight excluding hydrogens is 761 g/mol. The smallest absolute Gasteiger partial charge is 0.252 e. The summed E-state index contributed by atoms with van der Waals surface area (Å²) in [5, 5.41) is 0. The fourth-order valence-electron chi connectivity index (χ4n) is 12.8. The molecule has 2 unspecified atom stereocenters. The first kappa shape index (κ1) is 40.6. The number of anilines is 8. The lowest BCUT2D eigenvalue weighted by molar-refractivity contribution is 0.195. The van der Waals surface area contributed by atoms with Crippen molar-refractivity contribution >= 4 is 68.6 Å². The second kappa shape index (κ2) is 13.0. The lowest BCUT2D eigenvalue weighted by atomic mass is 9.28. The van der Waals surface area contributed by atoms with Gasteiger partial charge in [-0.1, -0.05) is 157 Å². The van der Waals surface area contributed by atoms with E-state index < -0.39 is 0 Å². The fraction of sp³-hybridized carbons (Fsp3) is 0.390. The summed E-state index contributed by atoms with van der Waals surface area (Å²) in [6, 6.07) is 46.0. The number of hydrogen-bond acceptors (Lipinski definition) is 3. The molecule has 6 aromatic carbocycles. The summed E-state index contributed by atoms with van der Waals surface area (Å²) in [6.45, 7) is 31.3. The molecule has 0 amide bonds. The van der Waals surface area contributed by atoms with Crippen molar-refractivity contribution in [3.05, 3.63) is 149 Å². The minimum Gasteiger partial charge on any atom is -0.334 e. The van der Waals surface area contributed by atoms with Gasteiger partial charge in [0.2, 0.25) is 0 Å². The summed E-state index contributed by atoms with van der Waals surface area (Å²) in [4.78, 5) is 8.14. The van der Waals surface area contributed by atoms with Gasteiger partial charge >= 0.3 is 0 Å². The van der Waals surface area contributed by atoms with Crippen LogP contribution in [0.2, 0.25) is 0 Å². The van der Waals surface area contributed by atoms with Gasteiger partial charge in [-0.2, -0.15) is 0 Å². The maximum Gasteiger partial charge on any atom is 0.252 e. The monoisotopic (exact) mass is 828 g/mol. The average Bonchev–Trinajstić information content (AvgIpc) is 3.44. The third kappa shape index (κ3) is 5.52. The summed E-state index contributed by atoms with van der Waals surface area (Å²) < 4.78 is 0. The number of fused-ring (bicyclic) bond motifs is 3. The Kier molecular flexibility index (Phi) is 8.34. The molecule has 1 aliphatic carbocycles. The van der Waals surface area contributed by atoms with E-state index in [1.807, 2.05) is 0 Å². The van der Waals surface area contributed by atoms with Crippen LogP contribution >= 0.6 is 0 Å². The SMILES string of the molecule is CC(C)(C)c1ccc(N2c3cc(N4c5ccccc5C5(C)CCCCC45C)cc4c3B3c5c2cccc5C(C)(C)c2cccc(c23)N4c2cc(C(C)(C)C)cc(C(C)(C)C)c2)cc1. The lowest BCUT2D eigenvalue weighted by Gasteiger charge is -2.52. The number of benzene rings is 6. The summed E-state index contributed by atoms with van der Waals surface area (Å²) in [6.07, 6.45) is 4.87. The van der Waals surface area contributed by atoms with Crippen LogP contribution in [0.4, 0.5) is 45.5 Å². The fourth-order valence-corrected chi connectivity index (χ4v) is 12.8. The maximum absolute atomic E-state index is 2.80. The molecule has 3 nitrogen and oxygen atoms in total. The lowest BCUT2D eigenvalue weighted by Crippen LogP contribution is -2.67. The van der Waals surface area contributed by atoms with E-state index in [2.05, 4.69) is 220 Å². The van der Waals surface area contributed by atoms with Gasteiger partial charge in [-0.3, -0.25) is 0 Å². The van der Waals surface area contributed by atoms with Gasteiger partial charge in [0.15, 0.2) is 0 Å². The zero-order valence-corrected chi connectivity index (χ0v) is 40.2. The van der Waals surface area contributed by atoms with Crippen molar-refractivity contribution in [3.8, 4) is 0 Å². The van der Waals surface area contributed by atoms with Crippen LogP contribution in [0.3, 0.4) is 0 Å². The van der Waals surface area contributed by atoms with Gasteiger partial charge in [-0.15, -0.1) is 0 Å². The standard InChI is InChI=1S/C59H66BN3/c1-54(2,3)37-26-28-40(29-27-37)61-47-24-18-21-44-51(47)60-52-45(57(44,10)11)22-19-25-48(52)62(41-33-38(55(4,5)6)32-39(34-41)56(7,8)9)50-36-42(35-49(61)53(50)60)63-46-23-15-14-20-43(46)58(12)30-16-17-31-59(58,63)13/h14-15,18-29,32-36H,16-17,30-31H2,1-13H3. The van der Waals surface area contributed by atoms with Crippen molar-refractivity contribution in [2.45, 2.75) is 148 Å². The number of para-hydroxylation sites is 1. The van der Waals surface area contributed by atoms with Gasteiger partial charge < -0.3 is 14.7 Å². The second-order valence-corrected chi connectivity index (χ2v) is 23.8. The Morgan fingerprint density at radius 1 is 0.429 bits per heavy atom. The third-order valence-corrected chi connectivity index (χ3v) is 16.6. The van der Waals surface area contributed by atoms with E-state index in [0.29, 0.717) is 0 Å². The topological polar surface area (TPSA) is 9.72 Å². The number of nitrogens with zero attached hydrogens (tertiary/aromatic N) is 3. The van der Waals surface area contributed by atoms with Crippen LogP contribution in [0.1, 0.15) is 149 Å². The summed E-state index contributed by atoms with van der Waals surface area (Å²) in [5.74, 6) is 0. The third-order valence-electron chi connectivity index (χ3n) is 16.6. The molecule has 4 heteroatoms. The van der Waals surface area contributed by atoms with Gasteiger partial charge in [0.05, 0.1) is 5.54 Å². The van der Waals surface area contributed by atoms with Gasteiger partial charge in [0, 0.05) is 56.3 Å². The van der Waals surface area contributed by atoms with Crippen LogP contribution in [0, 0.1) is 0 Å². The zero-order valence-electron chi connectivity index (χ0n) is 40.2. The highest BCUT2D eigenvalue weighted by Gasteiger charge is 2.58. The van der Waals surface area contributed by atoms with Crippen molar-refractivity contribution in [3.63, 3.8) is 0 Å². The molecule has 0 spiro atoms. The highest BCUT2D eigenvalue weighted by molar-refractivity contribution is 7.01. The van der Waals surface area contributed by atoms with Crippen LogP contribution in [-0.2, 0) is 27.1 Å². The molecule has 0 aromatic heterocycles. The first-order valence-corrected chi connectivity index (χ1v) is 23.9. The second-order valence-electron chi connectivity index (χ2n) is 23.8. The molecule has 0 N–H and O–H groups in total. The molecule has 6 aromatic rings. The van der Waals surface area contributed by atoms with E-state index in [9.17, 15) is 0 Å². The minimum absolute atomic E-state index is 0.0309. The normalized spacial score (nSPS) is 21.6. The molecule has 0 saturated heterocycles. The molecular formula is C59H66BN3. The Labute approximate surface area is 378 Å². The molecule has 4 aliphatic heterocycles. The van der Waals surface area contributed by atoms with Crippen LogP contribution in [-0.4, -0.2) is 12.3 Å².